The van der Waals surface area contributed by atoms with Crippen LogP contribution in [-0.4, -0.2) is 61.2 Å². The first-order chi connectivity index (χ1) is 19.5. The Bertz CT molecular complexity index is 1530. The predicted molar refractivity (Wildman–Crippen MR) is 144 cm³/mol. The van der Waals surface area contributed by atoms with Gasteiger partial charge in [-0.3, -0.25) is 14.7 Å². The summed E-state index contributed by atoms with van der Waals surface area (Å²) >= 11 is 0. The molecule has 5 atom stereocenters. The van der Waals surface area contributed by atoms with Gasteiger partial charge in [-0.25, -0.2) is 19.7 Å². The number of rotatable bonds is 8. The van der Waals surface area contributed by atoms with Crippen LogP contribution in [0.3, 0.4) is 0 Å². The molecule has 2 amide bonds. The van der Waals surface area contributed by atoms with Crippen molar-refractivity contribution in [2.75, 3.05) is 10.6 Å². The molecule has 2 aliphatic heterocycles. The van der Waals surface area contributed by atoms with Crippen molar-refractivity contribution < 1.29 is 28.9 Å². The Morgan fingerprint density at radius 2 is 1.68 bits per heavy atom. The molecule has 12 heteroatoms. The minimum Gasteiger partial charge on any atom is -0.481 e. The maximum Gasteiger partial charge on any atom is 0.324 e. The largest absolute Gasteiger partial charge is 0.481 e. The number of carbonyl (C=O) groups excluding carboxylic acids is 1. The Morgan fingerprint density at radius 1 is 0.925 bits per heavy atom. The normalized spacial score (nSPS) is 23.9. The van der Waals surface area contributed by atoms with Crippen LogP contribution in [0.2, 0.25) is 0 Å². The van der Waals surface area contributed by atoms with Gasteiger partial charge in [0, 0.05) is 12.1 Å². The van der Waals surface area contributed by atoms with Gasteiger partial charge >= 0.3 is 12.0 Å². The van der Waals surface area contributed by atoms with Gasteiger partial charge in [0.25, 0.3) is 0 Å². The number of anilines is 2. The minimum atomic E-state index is -0.923. The van der Waals surface area contributed by atoms with E-state index in [2.05, 4.69) is 25.6 Å². The summed E-state index contributed by atoms with van der Waals surface area (Å²) in [4.78, 5) is 36.9. The lowest BCUT2D eigenvalue weighted by molar-refractivity contribution is -0.141. The SMILES string of the molecule is O=C(O)CC[C@H]1O[C@@H](n2cnc3c(NC(=O)Nc4ccccc4)ncnc32)[C@H]2O[C@@H](/C=C/c3ccccc3)OC12. The molecule has 4 heterocycles. The van der Waals surface area contributed by atoms with Crippen molar-refractivity contribution in [2.24, 2.45) is 0 Å². The zero-order chi connectivity index (χ0) is 27.5. The quantitative estimate of drug-likeness (QED) is 0.300. The van der Waals surface area contributed by atoms with Crippen LogP contribution in [0, 0.1) is 0 Å². The fourth-order valence-electron chi connectivity index (χ4n) is 4.85. The lowest BCUT2D eigenvalue weighted by Crippen LogP contribution is -2.29. The van der Waals surface area contributed by atoms with Crippen LogP contribution in [0.1, 0.15) is 24.6 Å². The number of benzene rings is 2. The molecule has 0 radical (unpaired) electrons. The van der Waals surface area contributed by atoms with Gasteiger partial charge in [-0.1, -0.05) is 54.6 Å². The number of hydrogen-bond acceptors (Lipinski definition) is 8. The summed E-state index contributed by atoms with van der Waals surface area (Å²) in [5.41, 5.74) is 2.40. The Balaban J connectivity index is 1.23. The number of carbonyl (C=O) groups is 2. The molecule has 2 aliphatic rings. The smallest absolute Gasteiger partial charge is 0.324 e. The standard InChI is InChI=1S/C28H26N6O6/c35-20(36)13-12-19-23-24(40-21(39-23)14-11-17-7-3-1-4-8-17)27(38-19)34-16-31-22-25(29-15-30-26(22)34)33-28(37)32-18-9-5-2-6-10-18/h1-11,14-16,19,21,23-24,27H,12-13H2,(H,35,36)(H2,29,30,32,33,37)/b14-11+/t19-,21+,23?,24+,27-/m1/s1. The average molecular weight is 543 g/mol. The van der Waals surface area contributed by atoms with Crippen LogP contribution in [0.5, 0.6) is 0 Å². The number of aromatic nitrogens is 4. The highest BCUT2D eigenvalue weighted by atomic mass is 16.8. The first kappa shape index (κ1) is 25.6. The molecule has 2 saturated heterocycles. The van der Waals surface area contributed by atoms with E-state index < -0.39 is 42.8 Å². The lowest BCUT2D eigenvalue weighted by Gasteiger charge is -2.20. The van der Waals surface area contributed by atoms with Crippen molar-refractivity contribution in [2.45, 2.75) is 43.7 Å². The predicted octanol–water partition coefficient (Wildman–Crippen LogP) is 4.06. The van der Waals surface area contributed by atoms with Crippen LogP contribution in [0.15, 0.2) is 79.4 Å². The Hall–Kier alpha value is -4.65. The highest BCUT2D eigenvalue weighted by Gasteiger charge is 2.53. The summed E-state index contributed by atoms with van der Waals surface area (Å²) in [6.45, 7) is 0. The second-order valence-corrected chi connectivity index (χ2v) is 9.33. The molecule has 0 bridgehead atoms. The van der Waals surface area contributed by atoms with E-state index in [1.807, 2.05) is 60.7 Å². The third-order valence-corrected chi connectivity index (χ3v) is 6.65. The molecule has 0 spiro atoms. The molecular weight excluding hydrogens is 516 g/mol. The van der Waals surface area contributed by atoms with Crippen LogP contribution in [0.25, 0.3) is 17.2 Å². The Kier molecular flexibility index (Phi) is 7.19. The van der Waals surface area contributed by atoms with Crippen molar-refractivity contribution >= 4 is 40.7 Å². The van der Waals surface area contributed by atoms with Gasteiger partial charge in [0.05, 0.1) is 12.4 Å². The van der Waals surface area contributed by atoms with Crippen LogP contribution >= 0.6 is 0 Å². The molecule has 12 nitrogen and oxygen atoms in total. The molecule has 2 aromatic carbocycles. The van der Waals surface area contributed by atoms with Crippen molar-refractivity contribution in [3.05, 3.63) is 85.0 Å². The Morgan fingerprint density at radius 3 is 2.45 bits per heavy atom. The van der Waals surface area contributed by atoms with Gasteiger partial charge in [-0.05, 0) is 30.2 Å². The van der Waals surface area contributed by atoms with Crippen molar-refractivity contribution in [1.82, 2.24) is 19.5 Å². The fourth-order valence-corrected chi connectivity index (χ4v) is 4.85. The number of aliphatic carboxylic acids is 1. The van der Waals surface area contributed by atoms with Gasteiger partial charge in [0.2, 0.25) is 0 Å². The maximum absolute atomic E-state index is 12.6. The highest BCUT2D eigenvalue weighted by molar-refractivity contribution is 6.02. The zero-order valence-electron chi connectivity index (χ0n) is 21.2. The van der Waals surface area contributed by atoms with E-state index in [-0.39, 0.29) is 18.7 Å². The number of imidazole rings is 1. The number of urea groups is 1. The van der Waals surface area contributed by atoms with Crippen molar-refractivity contribution in [3.63, 3.8) is 0 Å². The number of para-hydroxylation sites is 1. The average Bonchev–Trinajstić information content (AvgIpc) is 3.66. The van der Waals surface area contributed by atoms with Crippen LogP contribution in [-0.2, 0) is 19.0 Å². The first-order valence-electron chi connectivity index (χ1n) is 12.8. The van der Waals surface area contributed by atoms with Gasteiger partial charge in [-0.2, -0.15) is 0 Å². The number of fused-ring (bicyclic) bond motifs is 2. The number of hydrogen-bond donors (Lipinski definition) is 3. The molecule has 204 valence electrons. The molecule has 2 aromatic heterocycles. The van der Waals surface area contributed by atoms with E-state index in [4.69, 9.17) is 14.2 Å². The third kappa shape index (κ3) is 5.41. The summed E-state index contributed by atoms with van der Waals surface area (Å²) in [6.07, 6.45) is 3.87. The molecular formula is C28H26N6O6. The number of carboxylic acid groups (broad SMARTS) is 1. The topological polar surface area (TPSA) is 150 Å². The molecule has 0 saturated carbocycles. The molecule has 1 unspecified atom stereocenters. The molecule has 2 fully saturated rings. The highest BCUT2D eigenvalue weighted by Crippen LogP contribution is 2.42. The second-order valence-electron chi connectivity index (χ2n) is 9.33. The van der Waals surface area contributed by atoms with E-state index in [0.717, 1.165) is 5.56 Å². The number of amides is 2. The fraction of sp³-hybridized carbons (Fsp3) is 0.250. The molecule has 40 heavy (non-hydrogen) atoms. The maximum atomic E-state index is 12.6. The Labute approximate surface area is 228 Å². The lowest BCUT2D eigenvalue weighted by atomic mass is 10.1. The van der Waals surface area contributed by atoms with E-state index in [0.29, 0.717) is 16.9 Å². The van der Waals surface area contributed by atoms with E-state index in [9.17, 15) is 14.7 Å². The summed E-state index contributed by atoms with van der Waals surface area (Å²) in [5, 5.41) is 14.7. The number of ether oxygens (including phenoxy) is 3. The van der Waals surface area contributed by atoms with Gasteiger partial charge < -0.3 is 24.6 Å². The number of carboxylic acids is 1. The summed E-state index contributed by atoms with van der Waals surface area (Å²) < 4.78 is 20.4. The van der Waals surface area contributed by atoms with Gasteiger partial charge in [0.1, 0.15) is 18.5 Å². The number of nitrogens with zero attached hydrogens (tertiary/aromatic N) is 4. The van der Waals surface area contributed by atoms with Crippen molar-refractivity contribution in [1.29, 1.82) is 0 Å². The molecule has 0 aliphatic carbocycles. The number of nitrogens with one attached hydrogen (secondary N) is 2. The summed E-state index contributed by atoms with van der Waals surface area (Å²) in [6, 6.07) is 18.3. The summed E-state index contributed by atoms with van der Waals surface area (Å²) in [5.74, 6) is -0.699. The second kappa shape index (κ2) is 11.2. The van der Waals surface area contributed by atoms with E-state index in [1.54, 1.807) is 16.7 Å². The zero-order valence-corrected chi connectivity index (χ0v) is 21.2. The molecule has 3 N–H and O–H groups in total. The summed E-state index contributed by atoms with van der Waals surface area (Å²) in [7, 11) is 0. The van der Waals surface area contributed by atoms with Crippen LogP contribution in [0.4, 0.5) is 16.3 Å². The van der Waals surface area contributed by atoms with E-state index >= 15 is 0 Å². The first-order valence-corrected chi connectivity index (χ1v) is 12.8. The monoisotopic (exact) mass is 542 g/mol. The molecule has 6 rings (SSSR count). The van der Waals surface area contributed by atoms with Crippen LogP contribution < -0.4 is 10.6 Å². The van der Waals surface area contributed by atoms with E-state index in [1.165, 1.54) is 12.7 Å². The van der Waals surface area contributed by atoms with Gasteiger partial charge in [-0.15, -0.1) is 0 Å². The minimum absolute atomic E-state index is 0.0775. The third-order valence-electron chi connectivity index (χ3n) is 6.65. The van der Waals surface area contributed by atoms with Crippen molar-refractivity contribution in [3.8, 4) is 0 Å². The van der Waals surface area contributed by atoms with Gasteiger partial charge in [0.15, 0.2) is 29.5 Å². The molecule has 4 aromatic rings.